The van der Waals surface area contributed by atoms with Crippen LogP contribution >= 0.6 is 34.8 Å². The van der Waals surface area contributed by atoms with Crippen LogP contribution in [0.1, 0.15) is 12.8 Å². The second-order valence-electron chi connectivity index (χ2n) is 4.60. The van der Waals surface area contributed by atoms with E-state index in [0.717, 1.165) is 6.07 Å². The Bertz CT molecular complexity index is 757. The van der Waals surface area contributed by atoms with Gasteiger partial charge in [-0.25, -0.2) is 4.39 Å². The molecule has 0 heterocycles. The van der Waals surface area contributed by atoms with Gasteiger partial charge in [-0.05, 0) is 24.3 Å². The van der Waals surface area contributed by atoms with Gasteiger partial charge in [0.05, 0.1) is 22.9 Å². The minimum atomic E-state index is -0.725. The summed E-state index contributed by atoms with van der Waals surface area (Å²) in [6.07, 6.45) is -0.512. The van der Waals surface area contributed by atoms with Crippen molar-refractivity contribution in [2.45, 2.75) is 12.8 Å². The van der Waals surface area contributed by atoms with Crippen molar-refractivity contribution in [1.29, 1.82) is 0 Å². The highest BCUT2D eigenvalue weighted by Crippen LogP contribution is 2.36. The number of carbonyl (C=O) groups is 2. The van der Waals surface area contributed by atoms with E-state index >= 15 is 0 Å². The van der Waals surface area contributed by atoms with E-state index in [9.17, 15) is 14.0 Å². The molecular weight excluding hydrogens is 382 g/mol. The first-order valence-electron chi connectivity index (χ1n) is 6.66. The van der Waals surface area contributed by atoms with Crippen molar-refractivity contribution >= 4 is 46.7 Å². The lowest BCUT2D eigenvalue weighted by molar-refractivity contribution is -0.140. The van der Waals surface area contributed by atoms with Crippen LogP contribution in [0.2, 0.25) is 15.1 Å². The van der Waals surface area contributed by atoms with E-state index in [-0.39, 0.29) is 34.4 Å². The van der Waals surface area contributed by atoms with Crippen molar-refractivity contribution in [3.05, 3.63) is 57.3 Å². The first-order chi connectivity index (χ1) is 11.3. The molecule has 126 valence electrons. The van der Waals surface area contributed by atoms with Crippen LogP contribution in [0.25, 0.3) is 0 Å². The molecule has 0 aromatic heterocycles. The molecule has 0 saturated heterocycles. The Morgan fingerprint density at radius 2 is 1.50 bits per heavy atom. The van der Waals surface area contributed by atoms with Gasteiger partial charge in [-0.1, -0.05) is 40.9 Å². The molecule has 0 saturated carbocycles. The van der Waals surface area contributed by atoms with Gasteiger partial charge in [0.25, 0.3) is 0 Å². The van der Waals surface area contributed by atoms with Crippen molar-refractivity contribution in [3.8, 4) is 11.5 Å². The summed E-state index contributed by atoms with van der Waals surface area (Å²) in [5.41, 5.74) is 0. The average Bonchev–Trinajstić information content (AvgIpc) is 2.49. The molecule has 0 spiro atoms. The molecule has 0 N–H and O–H groups in total. The zero-order chi connectivity index (χ0) is 17.7. The Kier molecular flexibility index (Phi) is 6.43. The third-order valence-corrected chi connectivity index (χ3v) is 3.52. The number of benzene rings is 2. The minimum absolute atomic E-state index is 0.0359. The number of hydrogen-bond acceptors (Lipinski definition) is 4. The van der Waals surface area contributed by atoms with Crippen LogP contribution < -0.4 is 9.47 Å². The molecule has 0 amide bonds. The maximum atomic E-state index is 13.0. The van der Waals surface area contributed by atoms with E-state index in [1.165, 1.54) is 30.3 Å². The van der Waals surface area contributed by atoms with Crippen LogP contribution in [0.5, 0.6) is 11.5 Å². The Hall–Kier alpha value is -1.82. The molecule has 0 aliphatic carbocycles. The summed E-state index contributed by atoms with van der Waals surface area (Å²) in [5.74, 6) is -1.95. The van der Waals surface area contributed by atoms with Gasteiger partial charge >= 0.3 is 11.9 Å². The smallest absolute Gasteiger partial charge is 0.311 e. The van der Waals surface area contributed by atoms with Crippen LogP contribution in [-0.2, 0) is 9.59 Å². The molecule has 0 bridgehead atoms. The molecule has 0 aliphatic rings. The van der Waals surface area contributed by atoms with E-state index in [4.69, 9.17) is 44.3 Å². The lowest BCUT2D eigenvalue weighted by Gasteiger charge is -2.08. The molecule has 2 aromatic rings. The Morgan fingerprint density at radius 1 is 0.917 bits per heavy atom. The van der Waals surface area contributed by atoms with Gasteiger partial charge in [-0.3, -0.25) is 9.59 Å². The van der Waals surface area contributed by atoms with Crippen molar-refractivity contribution in [2.24, 2.45) is 0 Å². The molecule has 8 heteroatoms. The summed E-state index contributed by atoms with van der Waals surface area (Å²) in [5, 5.41) is 0.440. The molecule has 24 heavy (non-hydrogen) atoms. The van der Waals surface area contributed by atoms with Gasteiger partial charge in [0.15, 0.2) is 5.75 Å². The maximum Gasteiger partial charge on any atom is 0.311 e. The molecule has 4 nitrogen and oxygen atoms in total. The number of carbonyl (C=O) groups excluding carboxylic acids is 2. The fourth-order valence-electron chi connectivity index (χ4n) is 1.71. The normalized spacial score (nSPS) is 10.3. The van der Waals surface area contributed by atoms with Crippen molar-refractivity contribution in [3.63, 3.8) is 0 Å². The summed E-state index contributed by atoms with van der Waals surface area (Å²) in [6.45, 7) is 0. The Balaban J connectivity index is 1.88. The highest BCUT2D eigenvalue weighted by atomic mass is 35.5. The fourth-order valence-corrected chi connectivity index (χ4v) is 2.60. The summed E-state index contributed by atoms with van der Waals surface area (Å²) < 4.78 is 22.9. The second kappa shape index (κ2) is 8.33. The molecule has 0 unspecified atom stereocenters. The van der Waals surface area contributed by atoms with Crippen LogP contribution in [-0.4, -0.2) is 11.9 Å². The third kappa shape index (κ3) is 5.37. The second-order valence-corrected chi connectivity index (χ2v) is 5.85. The van der Waals surface area contributed by atoms with Gasteiger partial charge in [-0.2, -0.15) is 0 Å². The van der Waals surface area contributed by atoms with Crippen LogP contribution in [0, 0.1) is 5.82 Å². The van der Waals surface area contributed by atoms with E-state index < -0.39 is 17.8 Å². The van der Waals surface area contributed by atoms with E-state index in [1.54, 1.807) is 0 Å². The van der Waals surface area contributed by atoms with Crippen LogP contribution in [0.15, 0.2) is 36.4 Å². The van der Waals surface area contributed by atoms with Crippen molar-refractivity contribution in [1.82, 2.24) is 0 Å². The number of hydrogen-bond donors (Lipinski definition) is 0. The molecular formula is C16H10Cl3FO4. The monoisotopic (exact) mass is 390 g/mol. The predicted octanol–water partition coefficient (Wildman–Crippen LogP) is 5.08. The quantitative estimate of drug-likeness (QED) is 0.527. The van der Waals surface area contributed by atoms with E-state index in [1.807, 2.05) is 0 Å². The van der Waals surface area contributed by atoms with Gasteiger partial charge in [-0.15, -0.1) is 0 Å². The third-order valence-electron chi connectivity index (χ3n) is 2.74. The predicted molar refractivity (Wildman–Crippen MR) is 88.4 cm³/mol. The average molecular weight is 392 g/mol. The van der Waals surface area contributed by atoms with Gasteiger partial charge in [0.2, 0.25) is 0 Å². The van der Waals surface area contributed by atoms with Gasteiger partial charge in [0.1, 0.15) is 11.6 Å². The number of rotatable bonds is 5. The number of halogens is 4. The van der Waals surface area contributed by atoms with E-state index in [0.29, 0.717) is 5.02 Å². The number of ether oxygens (including phenoxy) is 2. The fraction of sp³-hybridized carbons (Fsp3) is 0.125. The summed E-state index contributed by atoms with van der Waals surface area (Å²) in [7, 11) is 0. The van der Waals surface area contributed by atoms with Gasteiger partial charge in [0, 0.05) is 11.1 Å². The zero-order valence-electron chi connectivity index (χ0n) is 12.0. The van der Waals surface area contributed by atoms with Gasteiger partial charge < -0.3 is 9.47 Å². The number of esters is 2. The summed E-state index contributed by atoms with van der Waals surface area (Å²) in [6, 6.07) is 7.84. The molecule has 0 atom stereocenters. The summed E-state index contributed by atoms with van der Waals surface area (Å²) in [4.78, 5) is 23.4. The van der Waals surface area contributed by atoms with Crippen molar-refractivity contribution in [2.75, 3.05) is 0 Å². The Morgan fingerprint density at radius 3 is 2.08 bits per heavy atom. The minimum Gasteiger partial charge on any atom is -0.426 e. The SMILES string of the molecule is O=C(CCC(=O)Oc1c(Cl)cc(Cl)cc1Cl)Oc1cccc(F)c1. The van der Waals surface area contributed by atoms with E-state index in [2.05, 4.69) is 0 Å². The highest BCUT2D eigenvalue weighted by molar-refractivity contribution is 6.40. The largest absolute Gasteiger partial charge is 0.426 e. The highest BCUT2D eigenvalue weighted by Gasteiger charge is 2.16. The molecule has 2 aromatic carbocycles. The standard InChI is InChI=1S/C16H10Cl3FO4/c17-9-6-12(18)16(13(19)7-9)24-15(22)5-4-14(21)23-11-3-1-2-10(20)8-11/h1-3,6-8H,4-5H2. The van der Waals surface area contributed by atoms with Crippen LogP contribution in [0.4, 0.5) is 4.39 Å². The zero-order valence-corrected chi connectivity index (χ0v) is 14.3. The molecule has 2 rings (SSSR count). The summed E-state index contributed by atoms with van der Waals surface area (Å²) >= 11 is 17.5. The first kappa shape index (κ1) is 18.5. The molecule has 0 radical (unpaired) electrons. The van der Waals surface area contributed by atoms with Crippen molar-refractivity contribution < 1.29 is 23.5 Å². The lowest BCUT2D eigenvalue weighted by Crippen LogP contribution is -2.14. The topological polar surface area (TPSA) is 52.6 Å². The van der Waals surface area contributed by atoms with Crippen LogP contribution in [0.3, 0.4) is 0 Å². The first-order valence-corrected chi connectivity index (χ1v) is 7.80. The Labute approximate surface area is 152 Å². The molecule has 0 aliphatic heterocycles. The lowest BCUT2D eigenvalue weighted by atomic mass is 10.3. The maximum absolute atomic E-state index is 13.0. The molecule has 0 fully saturated rings.